The van der Waals surface area contributed by atoms with Crippen molar-refractivity contribution in [1.29, 1.82) is 0 Å². The molecule has 5 aromatic rings. The molecular weight excluding hydrogens is 398 g/mol. The molecule has 3 aromatic heterocycles. The number of fused-ring (bicyclic) bond motifs is 2. The molecule has 1 unspecified atom stereocenters. The minimum Gasteiger partial charge on any atom is -0.492 e. The molecule has 6 heteroatoms. The van der Waals surface area contributed by atoms with Crippen molar-refractivity contribution in [2.75, 3.05) is 20.7 Å². The lowest BCUT2D eigenvalue weighted by molar-refractivity contribution is 0.198. The summed E-state index contributed by atoms with van der Waals surface area (Å²) >= 11 is 0. The molecule has 0 amide bonds. The maximum Gasteiger partial charge on any atom is 0.169 e. The van der Waals surface area contributed by atoms with Gasteiger partial charge in [0.25, 0.3) is 0 Å². The summed E-state index contributed by atoms with van der Waals surface area (Å²) in [5.74, 6) is 1.68. The third-order valence-electron chi connectivity index (χ3n) is 5.86. The number of nitrogens with zero attached hydrogens (tertiary/aromatic N) is 5. The predicted octanol–water partition coefficient (Wildman–Crippen LogP) is 4.94. The fraction of sp³-hybridized carbons (Fsp3) is 0.192. The summed E-state index contributed by atoms with van der Waals surface area (Å²) in [5, 5.41) is 9.98. The van der Waals surface area contributed by atoms with Crippen LogP contribution in [0.5, 0.6) is 5.75 Å². The highest BCUT2D eigenvalue weighted by Crippen LogP contribution is 2.28. The van der Waals surface area contributed by atoms with E-state index in [-0.39, 0.29) is 0 Å². The third kappa shape index (κ3) is 3.81. The zero-order chi connectivity index (χ0) is 22.1. The second-order valence-corrected chi connectivity index (χ2v) is 8.19. The van der Waals surface area contributed by atoms with Gasteiger partial charge in [0.15, 0.2) is 11.5 Å². The highest BCUT2D eigenvalue weighted by Gasteiger charge is 2.12. The third-order valence-corrected chi connectivity index (χ3v) is 5.86. The van der Waals surface area contributed by atoms with Crippen molar-refractivity contribution in [3.63, 3.8) is 0 Å². The molecule has 6 nitrogen and oxygen atoms in total. The predicted molar refractivity (Wildman–Crippen MR) is 128 cm³/mol. The van der Waals surface area contributed by atoms with E-state index in [9.17, 15) is 0 Å². The van der Waals surface area contributed by atoms with Crippen LogP contribution in [0.3, 0.4) is 0 Å². The van der Waals surface area contributed by atoms with Gasteiger partial charge in [0.2, 0.25) is 0 Å². The Morgan fingerprint density at radius 3 is 2.56 bits per heavy atom. The number of rotatable bonds is 6. The molecule has 0 radical (unpaired) electrons. The van der Waals surface area contributed by atoms with Gasteiger partial charge in [0.05, 0.1) is 5.52 Å². The highest BCUT2D eigenvalue weighted by molar-refractivity contribution is 5.92. The summed E-state index contributed by atoms with van der Waals surface area (Å²) in [7, 11) is 4.11. The topological polar surface area (TPSA) is 55.6 Å². The molecule has 0 aliphatic rings. The Balaban J connectivity index is 1.43. The van der Waals surface area contributed by atoms with Gasteiger partial charge in [-0.25, -0.2) is 0 Å². The number of aromatic nitrogens is 4. The van der Waals surface area contributed by atoms with E-state index in [1.165, 1.54) is 0 Å². The van der Waals surface area contributed by atoms with E-state index < -0.39 is 0 Å². The molecule has 3 heterocycles. The van der Waals surface area contributed by atoms with Crippen LogP contribution < -0.4 is 4.74 Å². The zero-order valence-electron chi connectivity index (χ0n) is 18.4. The van der Waals surface area contributed by atoms with Crippen molar-refractivity contribution in [2.45, 2.75) is 13.0 Å². The van der Waals surface area contributed by atoms with Gasteiger partial charge in [-0.1, -0.05) is 30.3 Å². The Labute approximate surface area is 187 Å². The largest absolute Gasteiger partial charge is 0.492 e. The summed E-state index contributed by atoms with van der Waals surface area (Å²) in [6.07, 6.45) is 3.84. The van der Waals surface area contributed by atoms with Crippen LogP contribution in [0.15, 0.2) is 79.1 Å². The van der Waals surface area contributed by atoms with E-state index in [1.54, 1.807) is 0 Å². The second-order valence-electron chi connectivity index (χ2n) is 8.19. The fourth-order valence-electron chi connectivity index (χ4n) is 3.65. The van der Waals surface area contributed by atoms with Crippen molar-refractivity contribution >= 4 is 16.6 Å². The van der Waals surface area contributed by atoms with E-state index in [0.717, 1.165) is 44.8 Å². The highest BCUT2D eigenvalue weighted by atomic mass is 16.5. The lowest BCUT2D eigenvalue weighted by atomic mass is 10.1. The van der Waals surface area contributed by atoms with Gasteiger partial charge in [-0.05, 0) is 68.5 Å². The average molecular weight is 424 g/mol. The minimum atomic E-state index is 0.358. The first kappa shape index (κ1) is 20.2. The molecule has 1 atom stereocenters. The van der Waals surface area contributed by atoms with Gasteiger partial charge < -0.3 is 9.64 Å². The van der Waals surface area contributed by atoms with Crippen LogP contribution in [0.2, 0.25) is 0 Å². The first-order chi connectivity index (χ1) is 15.6. The monoisotopic (exact) mass is 423 g/mol. The Morgan fingerprint density at radius 2 is 1.75 bits per heavy atom. The zero-order valence-corrected chi connectivity index (χ0v) is 18.4. The van der Waals surface area contributed by atoms with Gasteiger partial charge >= 0.3 is 0 Å². The molecule has 32 heavy (non-hydrogen) atoms. The van der Waals surface area contributed by atoms with E-state index >= 15 is 0 Å². The molecule has 0 saturated carbocycles. The van der Waals surface area contributed by atoms with Gasteiger partial charge in [0, 0.05) is 29.4 Å². The number of hydrogen-bond acceptors (Lipinski definition) is 5. The number of benzene rings is 2. The smallest absolute Gasteiger partial charge is 0.169 e. The maximum atomic E-state index is 5.90. The van der Waals surface area contributed by atoms with Crippen molar-refractivity contribution in [2.24, 2.45) is 0 Å². The first-order valence-electron chi connectivity index (χ1n) is 10.7. The summed E-state index contributed by atoms with van der Waals surface area (Å²) in [6.45, 7) is 2.80. The number of para-hydroxylation sites is 1. The molecule has 0 aliphatic heterocycles. The van der Waals surface area contributed by atoms with Crippen LogP contribution in [0.4, 0.5) is 0 Å². The average Bonchev–Trinajstić information content (AvgIpc) is 3.25. The van der Waals surface area contributed by atoms with Crippen LogP contribution in [0, 0.1) is 0 Å². The Bertz CT molecular complexity index is 1370. The summed E-state index contributed by atoms with van der Waals surface area (Å²) < 4.78 is 7.92. The Morgan fingerprint density at radius 1 is 0.938 bits per heavy atom. The molecule has 160 valence electrons. The molecular formula is C26H25N5O. The number of hydrogen-bond donors (Lipinski definition) is 0. The van der Waals surface area contributed by atoms with E-state index in [1.807, 2.05) is 53.2 Å². The number of ether oxygens (including phenoxy) is 1. The quantitative estimate of drug-likeness (QED) is 0.387. The summed E-state index contributed by atoms with van der Waals surface area (Å²) in [6, 6.07) is 22.8. The Hall–Kier alpha value is -3.77. The van der Waals surface area contributed by atoms with Crippen LogP contribution in [-0.2, 0) is 0 Å². The van der Waals surface area contributed by atoms with Crippen LogP contribution >= 0.6 is 0 Å². The van der Waals surface area contributed by atoms with Gasteiger partial charge in [0.1, 0.15) is 12.4 Å². The lowest BCUT2D eigenvalue weighted by Crippen LogP contribution is -2.30. The number of likely N-dealkylation sites (N-methyl/N-ethyl adjacent to an activating group) is 1. The van der Waals surface area contributed by atoms with E-state index in [2.05, 4.69) is 71.4 Å². The van der Waals surface area contributed by atoms with Crippen molar-refractivity contribution in [3.8, 4) is 28.3 Å². The molecule has 0 bridgehead atoms. The molecule has 0 N–H and O–H groups in total. The van der Waals surface area contributed by atoms with Gasteiger partial charge in [-0.3, -0.25) is 9.38 Å². The standard InChI is InChI=1S/C26H25N5O/c1-18(30(2)3)17-32-21-10-8-19(9-11-21)20-13-15-31-25(16-20)28-29-26(31)23-12-14-27-24-7-5-4-6-22(23)24/h4-16,18H,17H2,1-3H3. The molecule has 2 aromatic carbocycles. The Kier molecular flexibility index (Phi) is 5.29. The van der Waals surface area contributed by atoms with E-state index in [0.29, 0.717) is 12.6 Å². The normalized spacial score (nSPS) is 12.5. The summed E-state index contributed by atoms with van der Waals surface area (Å²) in [5.41, 5.74) is 4.96. The number of pyridine rings is 2. The summed E-state index contributed by atoms with van der Waals surface area (Å²) in [4.78, 5) is 6.60. The molecule has 5 rings (SSSR count). The minimum absolute atomic E-state index is 0.358. The maximum absolute atomic E-state index is 5.90. The second kappa shape index (κ2) is 8.40. The van der Waals surface area contributed by atoms with E-state index in [4.69, 9.17) is 4.74 Å². The van der Waals surface area contributed by atoms with Crippen molar-refractivity contribution < 1.29 is 4.74 Å². The van der Waals surface area contributed by atoms with Crippen LogP contribution in [0.1, 0.15) is 6.92 Å². The van der Waals surface area contributed by atoms with Crippen molar-refractivity contribution in [1.82, 2.24) is 24.5 Å². The van der Waals surface area contributed by atoms with Gasteiger partial charge in [-0.15, -0.1) is 10.2 Å². The SMILES string of the molecule is CC(COc1ccc(-c2ccn3c(-c4ccnc5ccccc45)nnc3c2)cc1)N(C)C. The van der Waals surface area contributed by atoms with Crippen LogP contribution in [0.25, 0.3) is 39.1 Å². The first-order valence-corrected chi connectivity index (χ1v) is 10.7. The van der Waals surface area contributed by atoms with Gasteiger partial charge in [-0.2, -0.15) is 0 Å². The molecule has 0 aliphatic carbocycles. The lowest BCUT2D eigenvalue weighted by Gasteiger charge is -2.20. The molecule has 0 saturated heterocycles. The fourth-order valence-corrected chi connectivity index (χ4v) is 3.65. The molecule has 0 fully saturated rings. The molecule has 0 spiro atoms. The van der Waals surface area contributed by atoms with Crippen molar-refractivity contribution in [3.05, 3.63) is 79.1 Å². The van der Waals surface area contributed by atoms with Crippen LogP contribution in [-0.4, -0.2) is 51.2 Å².